The summed E-state index contributed by atoms with van der Waals surface area (Å²) in [6.07, 6.45) is 5.37. The average Bonchev–Trinajstić information content (AvgIpc) is 2.83. The maximum Gasteiger partial charge on any atom is 0.151 e. The van der Waals surface area contributed by atoms with E-state index in [2.05, 4.69) is 36.5 Å². The third-order valence-corrected chi connectivity index (χ3v) is 6.22. The second-order valence-corrected chi connectivity index (χ2v) is 7.57. The third kappa shape index (κ3) is 3.12. The Hall–Kier alpha value is -0.580. The number of nitrogens with zero attached hydrogens (tertiary/aromatic N) is 1. The maximum absolute atomic E-state index is 4.76. The molecule has 1 fully saturated rings. The Labute approximate surface area is 123 Å². The number of hydrogen-bond acceptors (Lipinski definition) is 4. The molecule has 0 saturated heterocycles. The first-order valence-electron chi connectivity index (χ1n) is 7.12. The molecule has 0 spiro atoms. The smallest absolute Gasteiger partial charge is 0.151 e. The van der Waals surface area contributed by atoms with Crippen molar-refractivity contribution in [2.45, 2.75) is 48.2 Å². The lowest BCUT2D eigenvalue weighted by atomic mass is 9.95. The van der Waals surface area contributed by atoms with Gasteiger partial charge in [0.1, 0.15) is 0 Å². The minimum Gasteiger partial charge on any atom is -0.313 e. The monoisotopic (exact) mass is 292 g/mol. The van der Waals surface area contributed by atoms with Gasteiger partial charge in [0.05, 0.1) is 10.2 Å². The molecule has 4 heteroatoms. The largest absolute Gasteiger partial charge is 0.313 e. The summed E-state index contributed by atoms with van der Waals surface area (Å²) >= 11 is 3.82. The number of para-hydroxylation sites is 1. The molecule has 1 aliphatic rings. The maximum atomic E-state index is 4.76. The van der Waals surface area contributed by atoms with Crippen LogP contribution in [0.1, 0.15) is 32.6 Å². The molecular weight excluding hydrogens is 272 g/mol. The average molecular weight is 292 g/mol. The summed E-state index contributed by atoms with van der Waals surface area (Å²) in [7, 11) is 0. The van der Waals surface area contributed by atoms with Crippen molar-refractivity contribution >= 4 is 33.3 Å². The molecule has 1 heterocycles. The SMILES string of the molecule is CCNC1CCCCC1Sc1nc2ccccc2s1. The summed E-state index contributed by atoms with van der Waals surface area (Å²) in [6.45, 7) is 3.27. The number of benzene rings is 1. The molecule has 1 saturated carbocycles. The Morgan fingerprint density at radius 3 is 3.00 bits per heavy atom. The van der Waals surface area contributed by atoms with E-state index in [0.29, 0.717) is 11.3 Å². The van der Waals surface area contributed by atoms with E-state index in [-0.39, 0.29) is 0 Å². The van der Waals surface area contributed by atoms with Gasteiger partial charge in [-0.2, -0.15) is 0 Å². The zero-order valence-corrected chi connectivity index (χ0v) is 12.9. The number of thiazole rings is 1. The molecule has 0 radical (unpaired) electrons. The van der Waals surface area contributed by atoms with Gasteiger partial charge in [-0.3, -0.25) is 0 Å². The van der Waals surface area contributed by atoms with Crippen molar-refractivity contribution in [2.75, 3.05) is 6.54 Å². The summed E-state index contributed by atoms with van der Waals surface area (Å²) in [6, 6.07) is 9.10. The van der Waals surface area contributed by atoms with Crippen molar-refractivity contribution in [1.82, 2.24) is 10.3 Å². The predicted molar refractivity (Wildman–Crippen MR) is 85.2 cm³/mol. The van der Waals surface area contributed by atoms with Crippen LogP contribution in [0, 0.1) is 0 Å². The molecule has 1 aliphatic carbocycles. The highest BCUT2D eigenvalue weighted by molar-refractivity contribution is 8.01. The lowest BCUT2D eigenvalue weighted by Crippen LogP contribution is -2.40. The van der Waals surface area contributed by atoms with Crippen molar-refractivity contribution in [3.63, 3.8) is 0 Å². The fourth-order valence-electron chi connectivity index (χ4n) is 2.76. The summed E-state index contributed by atoms with van der Waals surface area (Å²) in [5, 5.41) is 4.33. The van der Waals surface area contributed by atoms with Gasteiger partial charge in [-0.1, -0.05) is 43.7 Å². The minimum atomic E-state index is 0.663. The summed E-state index contributed by atoms with van der Waals surface area (Å²) < 4.78 is 2.54. The molecule has 2 atom stereocenters. The van der Waals surface area contributed by atoms with Crippen molar-refractivity contribution in [1.29, 1.82) is 0 Å². The van der Waals surface area contributed by atoms with E-state index >= 15 is 0 Å². The first kappa shape index (κ1) is 13.4. The quantitative estimate of drug-likeness (QED) is 0.909. The highest BCUT2D eigenvalue weighted by Gasteiger charge is 2.26. The van der Waals surface area contributed by atoms with E-state index in [4.69, 9.17) is 4.98 Å². The van der Waals surface area contributed by atoms with Crippen LogP contribution in [0.25, 0.3) is 10.2 Å². The van der Waals surface area contributed by atoms with Gasteiger partial charge in [0.25, 0.3) is 0 Å². The second kappa shape index (κ2) is 6.25. The van der Waals surface area contributed by atoms with Crippen molar-refractivity contribution in [2.24, 2.45) is 0 Å². The highest BCUT2D eigenvalue weighted by Crippen LogP contribution is 2.37. The van der Waals surface area contributed by atoms with E-state index < -0.39 is 0 Å². The molecule has 2 aromatic rings. The van der Waals surface area contributed by atoms with Crippen LogP contribution in [0.3, 0.4) is 0 Å². The normalized spacial score (nSPS) is 23.8. The van der Waals surface area contributed by atoms with Crippen LogP contribution < -0.4 is 5.32 Å². The van der Waals surface area contributed by atoms with Gasteiger partial charge in [-0.25, -0.2) is 4.98 Å². The van der Waals surface area contributed by atoms with Crippen LogP contribution in [0.5, 0.6) is 0 Å². The molecule has 0 bridgehead atoms. The first-order chi connectivity index (χ1) is 9.36. The molecule has 2 unspecified atom stereocenters. The lowest BCUT2D eigenvalue weighted by molar-refractivity contribution is 0.391. The third-order valence-electron chi connectivity index (χ3n) is 3.70. The number of thioether (sulfide) groups is 1. The van der Waals surface area contributed by atoms with E-state index in [1.807, 2.05) is 23.1 Å². The molecule has 1 aromatic heterocycles. The number of nitrogens with one attached hydrogen (secondary N) is 1. The Balaban J connectivity index is 1.75. The van der Waals surface area contributed by atoms with Crippen LogP contribution in [-0.4, -0.2) is 22.8 Å². The Morgan fingerprint density at radius 2 is 2.16 bits per heavy atom. The Kier molecular flexibility index (Phi) is 4.41. The van der Waals surface area contributed by atoms with E-state index in [0.717, 1.165) is 12.1 Å². The zero-order valence-electron chi connectivity index (χ0n) is 11.3. The van der Waals surface area contributed by atoms with Crippen LogP contribution >= 0.6 is 23.1 Å². The summed E-state index contributed by atoms with van der Waals surface area (Å²) in [5.74, 6) is 0. The molecule has 1 aromatic carbocycles. The van der Waals surface area contributed by atoms with Gasteiger partial charge in [0.2, 0.25) is 0 Å². The fraction of sp³-hybridized carbons (Fsp3) is 0.533. The molecule has 1 N–H and O–H groups in total. The number of aromatic nitrogens is 1. The molecule has 0 aliphatic heterocycles. The van der Waals surface area contributed by atoms with Gasteiger partial charge < -0.3 is 5.32 Å². The lowest BCUT2D eigenvalue weighted by Gasteiger charge is -2.30. The standard InChI is InChI=1S/C15H20N2S2/c1-2-16-11-7-3-5-9-13(11)18-15-17-12-8-4-6-10-14(12)19-15/h4,6,8,10-11,13,16H,2-3,5,7,9H2,1H3. The Morgan fingerprint density at radius 1 is 1.32 bits per heavy atom. The molecular formula is C15H20N2S2. The number of hydrogen-bond donors (Lipinski definition) is 1. The van der Waals surface area contributed by atoms with Crippen molar-refractivity contribution in [3.8, 4) is 0 Å². The van der Waals surface area contributed by atoms with Gasteiger partial charge in [-0.05, 0) is 31.5 Å². The molecule has 2 nitrogen and oxygen atoms in total. The van der Waals surface area contributed by atoms with E-state index in [1.54, 1.807) is 0 Å². The van der Waals surface area contributed by atoms with Crippen LogP contribution in [0.2, 0.25) is 0 Å². The topological polar surface area (TPSA) is 24.9 Å². The predicted octanol–water partition coefficient (Wildman–Crippen LogP) is 4.31. The minimum absolute atomic E-state index is 0.663. The Bertz CT molecular complexity index is 503. The molecule has 3 rings (SSSR count). The van der Waals surface area contributed by atoms with Crippen molar-refractivity contribution in [3.05, 3.63) is 24.3 Å². The van der Waals surface area contributed by atoms with E-state index in [1.165, 1.54) is 34.7 Å². The number of rotatable bonds is 4. The molecule has 19 heavy (non-hydrogen) atoms. The zero-order chi connectivity index (χ0) is 13.1. The van der Waals surface area contributed by atoms with Crippen molar-refractivity contribution < 1.29 is 0 Å². The summed E-state index contributed by atoms with van der Waals surface area (Å²) in [5.41, 5.74) is 1.14. The fourth-order valence-corrected chi connectivity index (χ4v) is 5.39. The highest BCUT2D eigenvalue weighted by atomic mass is 32.2. The molecule has 0 amide bonds. The number of fused-ring (bicyclic) bond motifs is 1. The van der Waals surface area contributed by atoms with Gasteiger partial charge in [0, 0.05) is 11.3 Å². The summed E-state index contributed by atoms with van der Waals surface area (Å²) in [4.78, 5) is 4.76. The van der Waals surface area contributed by atoms with Crippen LogP contribution in [0.15, 0.2) is 28.6 Å². The van der Waals surface area contributed by atoms with Crippen LogP contribution in [-0.2, 0) is 0 Å². The first-order valence-corrected chi connectivity index (χ1v) is 8.82. The van der Waals surface area contributed by atoms with Gasteiger partial charge in [0.15, 0.2) is 4.34 Å². The molecule has 102 valence electrons. The van der Waals surface area contributed by atoms with Gasteiger partial charge in [-0.15, -0.1) is 11.3 Å². The second-order valence-electron chi connectivity index (χ2n) is 5.05. The van der Waals surface area contributed by atoms with E-state index in [9.17, 15) is 0 Å². The van der Waals surface area contributed by atoms with Gasteiger partial charge >= 0.3 is 0 Å². The van der Waals surface area contributed by atoms with Crippen LogP contribution in [0.4, 0.5) is 0 Å².